The average molecular weight is 191 g/mol. The predicted molar refractivity (Wildman–Crippen MR) is 57.2 cm³/mol. The van der Waals surface area contributed by atoms with Crippen molar-refractivity contribution in [3.8, 4) is 5.75 Å². The van der Waals surface area contributed by atoms with E-state index < -0.39 is 0 Å². The van der Waals surface area contributed by atoms with Crippen LogP contribution in [0.1, 0.15) is 31.4 Å². The molecule has 14 heavy (non-hydrogen) atoms. The molecule has 2 heteroatoms. The highest BCUT2D eigenvalue weighted by atomic mass is 16.3. The van der Waals surface area contributed by atoms with Gasteiger partial charge in [-0.2, -0.15) is 0 Å². The third-order valence-electron chi connectivity index (χ3n) is 3.09. The number of hydrogen-bond acceptors (Lipinski definition) is 2. The third kappa shape index (κ3) is 1.90. The van der Waals surface area contributed by atoms with Gasteiger partial charge >= 0.3 is 0 Å². The van der Waals surface area contributed by atoms with Crippen LogP contribution in [-0.4, -0.2) is 11.7 Å². The topological polar surface area (TPSA) is 32.3 Å². The summed E-state index contributed by atoms with van der Waals surface area (Å²) in [5, 5.41) is 12.7. The summed E-state index contributed by atoms with van der Waals surface area (Å²) in [6.45, 7) is 3.37. The summed E-state index contributed by atoms with van der Waals surface area (Å²) in [6, 6.07) is 8.02. The smallest absolute Gasteiger partial charge is 0.115 e. The van der Waals surface area contributed by atoms with Gasteiger partial charge in [0.2, 0.25) is 0 Å². The van der Waals surface area contributed by atoms with Crippen LogP contribution in [-0.2, 0) is 0 Å². The Labute approximate surface area is 85.0 Å². The first kappa shape index (κ1) is 9.53. The Morgan fingerprint density at radius 3 is 2.64 bits per heavy atom. The van der Waals surface area contributed by atoms with Crippen LogP contribution in [0.5, 0.6) is 5.75 Å². The number of benzene rings is 1. The van der Waals surface area contributed by atoms with Crippen LogP contribution in [0, 0.1) is 5.92 Å². The molecular weight excluding hydrogens is 174 g/mol. The lowest BCUT2D eigenvalue weighted by molar-refractivity contribution is 0.474. The van der Waals surface area contributed by atoms with Gasteiger partial charge in [-0.25, -0.2) is 0 Å². The molecule has 1 saturated heterocycles. The summed E-state index contributed by atoms with van der Waals surface area (Å²) in [6.07, 6.45) is 2.48. The van der Waals surface area contributed by atoms with Gasteiger partial charge in [0.15, 0.2) is 0 Å². The summed E-state index contributed by atoms with van der Waals surface area (Å²) in [5.74, 6) is 1.16. The molecule has 0 aliphatic carbocycles. The monoisotopic (exact) mass is 191 g/mol. The lowest BCUT2D eigenvalue weighted by Gasteiger charge is -2.10. The first-order chi connectivity index (χ1) is 6.79. The minimum Gasteiger partial charge on any atom is -0.508 e. The average Bonchev–Trinajstić information content (AvgIpc) is 2.67. The minimum absolute atomic E-state index is 0.346. The van der Waals surface area contributed by atoms with E-state index in [0.717, 1.165) is 12.5 Å². The molecular formula is C12H17NO. The molecule has 2 nitrogen and oxygen atoms in total. The lowest BCUT2D eigenvalue weighted by Crippen LogP contribution is -2.13. The van der Waals surface area contributed by atoms with Gasteiger partial charge in [0.1, 0.15) is 5.75 Å². The van der Waals surface area contributed by atoms with Crippen molar-refractivity contribution in [3.05, 3.63) is 29.8 Å². The number of hydrogen-bond donors (Lipinski definition) is 2. The number of phenolic OH excluding ortho intramolecular Hbond substituents is 1. The first-order valence-corrected chi connectivity index (χ1v) is 5.32. The van der Waals surface area contributed by atoms with Crippen LogP contribution in [0.15, 0.2) is 24.3 Å². The number of phenols is 1. The zero-order chi connectivity index (χ0) is 9.97. The van der Waals surface area contributed by atoms with Gasteiger partial charge in [-0.1, -0.05) is 25.5 Å². The summed E-state index contributed by atoms with van der Waals surface area (Å²) in [5.41, 5.74) is 1.29. The fraction of sp³-hybridized carbons (Fsp3) is 0.500. The Hall–Kier alpha value is -1.02. The fourth-order valence-electron chi connectivity index (χ4n) is 2.08. The van der Waals surface area contributed by atoms with Gasteiger partial charge in [0.25, 0.3) is 0 Å². The summed E-state index contributed by atoms with van der Waals surface area (Å²) in [4.78, 5) is 0. The highest BCUT2D eigenvalue weighted by Gasteiger charge is 2.23. The molecule has 2 atom stereocenters. The molecule has 0 radical (unpaired) electrons. The van der Waals surface area contributed by atoms with Crippen molar-refractivity contribution < 1.29 is 5.11 Å². The third-order valence-corrected chi connectivity index (χ3v) is 3.09. The maximum Gasteiger partial charge on any atom is 0.115 e. The Balaban J connectivity index is 2.06. The van der Waals surface area contributed by atoms with Crippen molar-refractivity contribution in [2.75, 3.05) is 6.54 Å². The van der Waals surface area contributed by atoms with E-state index in [4.69, 9.17) is 0 Å². The summed E-state index contributed by atoms with van der Waals surface area (Å²) in [7, 11) is 0. The number of rotatable bonds is 2. The molecule has 0 spiro atoms. The molecule has 1 aromatic rings. The molecule has 0 bridgehead atoms. The molecule has 1 aromatic carbocycles. The molecule has 76 valence electrons. The van der Waals surface area contributed by atoms with E-state index in [1.54, 1.807) is 12.1 Å². The second-order valence-electron chi connectivity index (χ2n) is 4.06. The molecule has 0 amide bonds. The maximum atomic E-state index is 9.18. The van der Waals surface area contributed by atoms with E-state index in [9.17, 15) is 5.11 Å². The van der Waals surface area contributed by atoms with Crippen LogP contribution < -0.4 is 5.32 Å². The standard InChI is InChI=1S/C12H17NO/c1-2-9-7-12(13-8-9)10-3-5-11(14)6-4-10/h3-6,9,12-14H,2,7-8H2,1H3. The van der Waals surface area contributed by atoms with Crippen molar-refractivity contribution >= 4 is 0 Å². The molecule has 0 aromatic heterocycles. The fourth-order valence-corrected chi connectivity index (χ4v) is 2.08. The molecule has 1 aliphatic heterocycles. The van der Waals surface area contributed by atoms with E-state index >= 15 is 0 Å². The van der Waals surface area contributed by atoms with Gasteiger partial charge in [-0.15, -0.1) is 0 Å². The second-order valence-corrected chi connectivity index (χ2v) is 4.06. The maximum absolute atomic E-state index is 9.18. The van der Waals surface area contributed by atoms with Crippen molar-refractivity contribution in [2.24, 2.45) is 5.92 Å². The van der Waals surface area contributed by atoms with Gasteiger partial charge in [-0.05, 0) is 36.6 Å². The van der Waals surface area contributed by atoms with Crippen molar-refractivity contribution in [1.82, 2.24) is 5.32 Å². The molecule has 1 aliphatic rings. The van der Waals surface area contributed by atoms with Crippen LogP contribution >= 0.6 is 0 Å². The van der Waals surface area contributed by atoms with Crippen LogP contribution in [0.3, 0.4) is 0 Å². The van der Waals surface area contributed by atoms with Crippen LogP contribution in [0.4, 0.5) is 0 Å². The molecule has 2 rings (SSSR count). The van der Waals surface area contributed by atoms with Gasteiger partial charge < -0.3 is 10.4 Å². The van der Waals surface area contributed by atoms with E-state index in [-0.39, 0.29) is 0 Å². The van der Waals surface area contributed by atoms with Gasteiger partial charge in [0, 0.05) is 6.04 Å². The first-order valence-electron chi connectivity index (χ1n) is 5.32. The van der Waals surface area contributed by atoms with Crippen molar-refractivity contribution in [1.29, 1.82) is 0 Å². The number of nitrogens with one attached hydrogen (secondary N) is 1. The zero-order valence-corrected chi connectivity index (χ0v) is 8.53. The molecule has 2 unspecified atom stereocenters. The molecule has 2 N–H and O–H groups in total. The Bertz CT molecular complexity index is 294. The van der Waals surface area contributed by atoms with E-state index in [1.165, 1.54) is 18.4 Å². The van der Waals surface area contributed by atoms with Gasteiger partial charge in [-0.3, -0.25) is 0 Å². The zero-order valence-electron chi connectivity index (χ0n) is 8.53. The van der Waals surface area contributed by atoms with Crippen LogP contribution in [0.25, 0.3) is 0 Å². The van der Waals surface area contributed by atoms with Gasteiger partial charge in [0.05, 0.1) is 0 Å². The van der Waals surface area contributed by atoms with E-state index in [2.05, 4.69) is 12.2 Å². The number of aromatic hydroxyl groups is 1. The lowest BCUT2D eigenvalue weighted by atomic mass is 9.98. The quantitative estimate of drug-likeness (QED) is 0.752. The summed E-state index contributed by atoms with van der Waals surface area (Å²) >= 11 is 0. The Morgan fingerprint density at radius 1 is 1.36 bits per heavy atom. The minimum atomic E-state index is 0.346. The second kappa shape index (κ2) is 4.01. The van der Waals surface area contributed by atoms with E-state index in [0.29, 0.717) is 11.8 Å². The van der Waals surface area contributed by atoms with Crippen molar-refractivity contribution in [3.63, 3.8) is 0 Å². The summed E-state index contributed by atoms with van der Waals surface area (Å²) < 4.78 is 0. The SMILES string of the molecule is CCC1CNC(c2ccc(O)cc2)C1. The molecule has 1 heterocycles. The predicted octanol–water partition coefficient (Wildman–Crippen LogP) is 2.45. The Kier molecular flexibility index (Phi) is 2.73. The Morgan fingerprint density at radius 2 is 2.07 bits per heavy atom. The van der Waals surface area contributed by atoms with Crippen molar-refractivity contribution in [2.45, 2.75) is 25.8 Å². The van der Waals surface area contributed by atoms with E-state index in [1.807, 2.05) is 12.1 Å². The largest absolute Gasteiger partial charge is 0.508 e. The normalized spacial score (nSPS) is 26.6. The molecule has 1 fully saturated rings. The molecule has 0 saturated carbocycles. The highest BCUT2D eigenvalue weighted by molar-refractivity contribution is 5.28. The highest BCUT2D eigenvalue weighted by Crippen LogP contribution is 2.29. The van der Waals surface area contributed by atoms with Crippen LogP contribution in [0.2, 0.25) is 0 Å².